The van der Waals surface area contributed by atoms with Gasteiger partial charge >= 0.3 is 0 Å². The molecule has 0 spiro atoms. The second-order valence-corrected chi connectivity index (χ2v) is 8.85. The zero-order valence-electron chi connectivity index (χ0n) is 19.5. The molecule has 0 unspecified atom stereocenters. The Kier molecular flexibility index (Phi) is 5.48. The average Bonchev–Trinajstić information content (AvgIpc) is 2.96. The first-order valence-electron chi connectivity index (χ1n) is 11.9. The van der Waals surface area contributed by atoms with Crippen LogP contribution in [-0.2, 0) is 0 Å². The minimum Gasteiger partial charge on any atom is -0.289 e. The highest BCUT2D eigenvalue weighted by molar-refractivity contribution is 6.52. The third-order valence-corrected chi connectivity index (χ3v) is 6.64. The molecule has 0 saturated carbocycles. The van der Waals surface area contributed by atoms with Gasteiger partial charge in [0.25, 0.3) is 0 Å². The summed E-state index contributed by atoms with van der Waals surface area (Å²) in [6.45, 7) is 0. The highest BCUT2D eigenvalue weighted by atomic mass is 16.1. The fraction of sp³-hybridized carbons (Fsp3) is 0. The van der Waals surface area contributed by atoms with Crippen LogP contribution < -0.4 is 0 Å². The SMILES string of the molecule is O=C1C(c2cccc(-c3ccccc3)c2)=C(c2cccc(-c3ccccc3)c2)C(=O)c2ccccc21. The summed E-state index contributed by atoms with van der Waals surface area (Å²) in [5.74, 6) is -0.258. The smallest absolute Gasteiger partial charge is 0.195 e. The zero-order chi connectivity index (χ0) is 24.5. The molecule has 0 atom stereocenters. The van der Waals surface area contributed by atoms with E-state index in [2.05, 4.69) is 0 Å². The summed E-state index contributed by atoms with van der Waals surface area (Å²) in [6.07, 6.45) is 0. The van der Waals surface area contributed by atoms with Gasteiger partial charge in [-0.25, -0.2) is 0 Å². The van der Waals surface area contributed by atoms with Gasteiger partial charge in [-0.3, -0.25) is 9.59 Å². The van der Waals surface area contributed by atoms with Gasteiger partial charge in [-0.2, -0.15) is 0 Å². The maximum atomic E-state index is 13.9. The Morgan fingerprint density at radius 2 is 0.639 bits per heavy atom. The van der Waals surface area contributed by atoms with Crippen LogP contribution in [0.1, 0.15) is 31.8 Å². The lowest BCUT2D eigenvalue weighted by atomic mass is 9.78. The molecular weight excluding hydrogens is 440 g/mol. The van der Waals surface area contributed by atoms with E-state index in [1.165, 1.54) is 0 Å². The van der Waals surface area contributed by atoms with Gasteiger partial charge in [0.2, 0.25) is 0 Å². The monoisotopic (exact) mass is 462 g/mol. The van der Waals surface area contributed by atoms with E-state index in [0.717, 1.165) is 33.4 Å². The lowest BCUT2D eigenvalue weighted by Crippen LogP contribution is -2.20. The highest BCUT2D eigenvalue weighted by Crippen LogP contribution is 2.39. The summed E-state index contributed by atoms with van der Waals surface area (Å²) in [5.41, 5.74) is 7.38. The maximum absolute atomic E-state index is 13.9. The van der Waals surface area contributed by atoms with Crippen LogP contribution in [0.5, 0.6) is 0 Å². The molecule has 5 aromatic rings. The Morgan fingerprint density at radius 3 is 1.06 bits per heavy atom. The topological polar surface area (TPSA) is 34.1 Å². The number of ketones is 2. The Labute approximate surface area is 210 Å². The third kappa shape index (κ3) is 3.79. The molecule has 36 heavy (non-hydrogen) atoms. The fourth-order valence-electron chi connectivity index (χ4n) is 4.90. The summed E-state index contributed by atoms with van der Waals surface area (Å²) in [6, 6.07) is 43.0. The highest BCUT2D eigenvalue weighted by Gasteiger charge is 2.33. The number of hydrogen-bond donors (Lipinski definition) is 0. The molecule has 1 aliphatic rings. The lowest BCUT2D eigenvalue weighted by Gasteiger charge is -2.22. The lowest BCUT2D eigenvalue weighted by molar-refractivity contribution is 0.101. The average molecular weight is 463 g/mol. The number of Topliss-reactive ketones (excluding diaryl/α,β-unsaturated/α-hetero) is 2. The van der Waals surface area contributed by atoms with Gasteiger partial charge in [-0.15, -0.1) is 0 Å². The predicted octanol–water partition coefficient (Wildman–Crippen LogP) is 8.01. The third-order valence-electron chi connectivity index (χ3n) is 6.64. The van der Waals surface area contributed by atoms with E-state index in [1.54, 1.807) is 12.1 Å². The molecule has 0 bridgehead atoms. The Balaban J connectivity index is 1.59. The molecule has 6 rings (SSSR count). The van der Waals surface area contributed by atoms with Crippen molar-refractivity contribution in [3.8, 4) is 22.3 Å². The second kappa shape index (κ2) is 9.09. The Hall–Kier alpha value is -4.82. The van der Waals surface area contributed by atoms with E-state index < -0.39 is 0 Å². The van der Waals surface area contributed by atoms with Crippen molar-refractivity contribution in [3.05, 3.63) is 156 Å². The number of hydrogen-bond acceptors (Lipinski definition) is 2. The largest absolute Gasteiger partial charge is 0.289 e. The molecular formula is C34H22O2. The van der Waals surface area contributed by atoms with E-state index in [4.69, 9.17) is 0 Å². The summed E-state index contributed by atoms with van der Waals surface area (Å²) in [5, 5.41) is 0. The first-order valence-corrected chi connectivity index (χ1v) is 11.9. The van der Waals surface area contributed by atoms with E-state index in [9.17, 15) is 9.59 Å². The van der Waals surface area contributed by atoms with E-state index in [0.29, 0.717) is 22.3 Å². The molecule has 5 aromatic carbocycles. The molecule has 0 radical (unpaired) electrons. The first kappa shape index (κ1) is 21.7. The molecule has 1 aliphatic carbocycles. The normalized spacial score (nSPS) is 13.0. The minimum atomic E-state index is -0.129. The molecule has 2 heteroatoms. The van der Waals surface area contributed by atoms with Gasteiger partial charge in [0.15, 0.2) is 11.6 Å². The molecule has 0 saturated heterocycles. The van der Waals surface area contributed by atoms with Crippen LogP contribution in [0.15, 0.2) is 133 Å². The zero-order valence-corrected chi connectivity index (χ0v) is 19.5. The summed E-state index contributed by atoms with van der Waals surface area (Å²) in [7, 11) is 0. The van der Waals surface area contributed by atoms with Crippen molar-refractivity contribution >= 4 is 22.7 Å². The summed E-state index contributed by atoms with van der Waals surface area (Å²) >= 11 is 0. The van der Waals surface area contributed by atoms with Gasteiger partial charge in [-0.05, 0) is 45.5 Å². The van der Waals surface area contributed by atoms with Crippen molar-refractivity contribution in [2.75, 3.05) is 0 Å². The quantitative estimate of drug-likeness (QED) is 0.271. The second-order valence-electron chi connectivity index (χ2n) is 8.85. The summed E-state index contributed by atoms with van der Waals surface area (Å²) < 4.78 is 0. The molecule has 0 N–H and O–H groups in total. The van der Waals surface area contributed by atoms with Crippen LogP contribution in [0.3, 0.4) is 0 Å². The number of rotatable bonds is 4. The van der Waals surface area contributed by atoms with Crippen molar-refractivity contribution in [1.82, 2.24) is 0 Å². The van der Waals surface area contributed by atoms with Gasteiger partial charge in [0.05, 0.1) is 0 Å². The van der Waals surface area contributed by atoms with E-state index >= 15 is 0 Å². The Morgan fingerprint density at radius 1 is 0.306 bits per heavy atom. The molecule has 0 fully saturated rings. The molecule has 0 heterocycles. The standard InChI is InChI=1S/C34H22O2/c35-33-29-19-7-8-20-30(29)34(36)32(28-18-10-16-26(22-28)24-13-5-2-6-14-24)31(33)27-17-9-15-25(21-27)23-11-3-1-4-12-23/h1-22H. The predicted molar refractivity (Wildman–Crippen MR) is 146 cm³/mol. The number of carbonyl (C=O) groups excluding carboxylic acids is 2. The molecule has 0 amide bonds. The van der Waals surface area contributed by atoms with E-state index in [1.807, 2.05) is 121 Å². The maximum Gasteiger partial charge on any atom is 0.195 e. The van der Waals surface area contributed by atoms with Gasteiger partial charge in [-0.1, -0.05) is 121 Å². The van der Waals surface area contributed by atoms with Crippen molar-refractivity contribution in [2.45, 2.75) is 0 Å². The molecule has 0 aliphatic heterocycles. The van der Waals surface area contributed by atoms with Crippen LogP contribution in [0, 0.1) is 0 Å². The molecule has 2 nitrogen and oxygen atoms in total. The number of fused-ring (bicyclic) bond motifs is 1. The molecule has 0 aromatic heterocycles. The van der Waals surface area contributed by atoms with Crippen LogP contribution >= 0.6 is 0 Å². The van der Waals surface area contributed by atoms with Crippen LogP contribution in [-0.4, -0.2) is 11.6 Å². The van der Waals surface area contributed by atoms with Crippen molar-refractivity contribution in [2.24, 2.45) is 0 Å². The fourth-order valence-corrected chi connectivity index (χ4v) is 4.90. The van der Waals surface area contributed by atoms with Crippen molar-refractivity contribution in [3.63, 3.8) is 0 Å². The van der Waals surface area contributed by atoms with Crippen molar-refractivity contribution in [1.29, 1.82) is 0 Å². The van der Waals surface area contributed by atoms with Gasteiger partial charge in [0, 0.05) is 22.3 Å². The van der Waals surface area contributed by atoms with Crippen LogP contribution in [0.4, 0.5) is 0 Å². The van der Waals surface area contributed by atoms with Crippen molar-refractivity contribution < 1.29 is 9.59 Å². The first-order chi connectivity index (χ1) is 17.7. The summed E-state index contributed by atoms with van der Waals surface area (Å²) in [4.78, 5) is 27.9. The number of benzene rings is 5. The van der Waals surface area contributed by atoms with Gasteiger partial charge < -0.3 is 0 Å². The minimum absolute atomic E-state index is 0.129. The van der Waals surface area contributed by atoms with Crippen LogP contribution in [0.2, 0.25) is 0 Å². The number of allylic oxidation sites excluding steroid dienone is 2. The number of carbonyl (C=O) groups is 2. The Bertz CT molecular complexity index is 1520. The molecule has 170 valence electrons. The van der Waals surface area contributed by atoms with E-state index in [-0.39, 0.29) is 11.6 Å². The van der Waals surface area contributed by atoms with Gasteiger partial charge in [0.1, 0.15) is 0 Å². The van der Waals surface area contributed by atoms with Crippen LogP contribution in [0.25, 0.3) is 33.4 Å².